The maximum atomic E-state index is 12.8. The van der Waals surface area contributed by atoms with E-state index in [0.29, 0.717) is 30.7 Å². The summed E-state index contributed by atoms with van der Waals surface area (Å²) in [5.74, 6) is 1.70. The average molecular weight is 446 g/mol. The Hall–Kier alpha value is -3.02. The topological polar surface area (TPSA) is 69.4 Å². The fourth-order valence-corrected chi connectivity index (χ4v) is 4.36. The second-order valence-corrected chi connectivity index (χ2v) is 10.1. The SMILES string of the molecule is CC(C)CN(CC(C)C)c1ccc(-c2ccccc2C2=NN=NC2)cc1NC(=O)CC1CC1. The van der Waals surface area contributed by atoms with Crippen molar-refractivity contribution in [2.24, 2.45) is 33.2 Å². The van der Waals surface area contributed by atoms with E-state index in [9.17, 15) is 4.79 Å². The first-order valence-corrected chi connectivity index (χ1v) is 12.1. The molecule has 0 bridgehead atoms. The number of carbonyl (C=O) groups is 1. The Morgan fingerprint density at radius 1 is 1.03 bits per heavy atom. The highest BCUT2D eigenvalue weighted by Crippen LogP contribution is 2.36. The molecule has 2 aromatic carbocycles. The highest BCUT2D eigenvalue weighted by Gasteiger charge is 2.25. The van der Waals surface area contributed by atoms with Gasteiger partial charge in [-0.1, -0.05) is 58.0 Å². The monoisotopic (exact) mass is 445 g/mol. The molecule has 0 spiro atoms. The number of nitrogens with one attached hydrogen (secondary N) is 1. The summed E-state index contributed by atoms with van der Waals surface area (Å²) >= 11 is 0. The molecule has 6 heteroatoms. The van der Waals surface area contributed by atoms with E-state index in [1.165, 1.54) is 12.8 Å². The van der Waals surface area contributed by atoms with Gasteiger partial charge in [-0.25, -0.2) is 0 Å². The number of amides is 1. The van der Waals surface area contributed by atoms with Crippen LogP contribution in [0.15, 0.2) is 57.9 Å². The van der Waals surface area contributed by atoms with Crippen LogP contribution in [0, 0.1) is 17.8 Å². The normalized spacial score (nSPS) is 15.3. The van der Waals surface area contributed by atoms with Gasteiger partial charge in [0, 0.05) is 25.1 Å². The molecule has 0 radical (unpaired) electrons. The summed E-state index contributed by atoms with van der Waals surface area (Å²) in [5.41, 5.74) is 6.01. The molecule has 1 N–H and O–H groups in total. The van der Waals surface area contributed by atoms with Gasteiger partial charge >= 0.3 is 0 Å². The third kappa shape index (κ3) is 6.06. The maximum absolute atomic E-state index is 12.8. The molecule has 0 unspecified atom stereocenters. The second-order valence-electron chi connectivity index (χ2n) is 10.1. The summed E-state index contributed by atoms with van der Waals surface area (Å²) in [4.78, 5) is 15.2. The predicted octanol–water partition coefficient (Wildman–Crippen LogP) is 6.38. The van der Waals surface area contributed by atoms with E-state index in [0.717, 1.165) is 46.9 Å². The van der Waals surface area contributed by atoms with Gasteiger partial charge in [0.15, 0.2) is 0 Å². The Kier molecular flexibility index (Phi) is 7.21. The van der Waals surface area contributed by atoms with Gasteiger partial charge in [0.1, 0.15) is 6.54 Å². The number of benzene rings is 2. The molecule has 1 aliphatic heterocycles. The van der Waals surface area contributed by atoms with Crippen LogP contribution >= 0.6 is 0 Å². The molecule has 2 aromatic rings. The van der Waals surface area contributed by atoms with Gasteiger partial charge < -0.3 is 10.2 Å². The quantitative estimate of drug-likeness (QED) is 0.461. The van der Waals surface area contributed by atoms with Crippen LogP contribution in [-0.4, -0.2) is 31.3 Å². The zero-order valence-corrected chi connectivity index (χ0v) is 20.2. The van der Waals surface area contributed by atoms with Crippen molar-refractivity contribution in [1.29, 1.82) is 0 Å². The van der Waals surface area contributed by atoms with Crippen LogP contribution in [0.25, 0.3) is 11.1 Å². The Bertz CT molecular complexity index is 1040. The van der Waals surface area contributed by atoms with Crippen molar-refractivity contribution >= 4 is 23.0 Å². The minimum Gasteiger partial charge on any atom is -0.369 e. The van der Waals surface area contributed by atoms with Gasteiger partial charge in [0.05, 0.1) is 17.1 Å². The van der Waals surface area contributed by atoms with E-state index in [4.69, 9.17) is 0 Å². The summed E-state index contributed by atoms with van der Waals surface area (Å²) in [6.07, 6.45) is 2.94. The molecule has 1 aliphatic carbocycles. The largest absolute Gasteiger partial charge is 0.369 e. The minimum atomic E-state index is 0.107. The van der Waals surface area contributed by atoms with E-state index in [1.54, 1.807) is 0 Å². The Balaban J connectivity index is 1.73. The van der Waals surface area contributed by atoms with Crippen molar-refractivity contribution in [3.63, 3.8) is 0 Å². The molecule has 33 heavy (non-hydrogen) atoms. The van der Waals surface area contributed by atoms with E-state index in [2.05, 4.69) is 83.7 Å². The van der Waals surface area contributed by atoms with Crippen LogP contribution < -0.4 is 10.2 Å². The third-order valence-electron chi connectivity index (χ3n) is 5.95. The lowest BCUT2D eigenvalue weighted by Crippen LogP contribution is -2.32. The molecule has 1 heterocycles. The lowest BCUT2D eigenvalue weighted by molar-refractivity contribution is -0.116. The van der Waals surface area contributed by atoms with Crippen LogP contribution in [0.2, 0.25) is 0 Å². The first kappa shape index (κ1) is 23.1. The molecular weight excluding hydrogens is 410 g/mol. The lowest BCUT2D eigenvalue weighted by atomic mass is 9.95. The van der Waals surface area contributed by atoms with Gasteiger partial charge in [0.2, 0.25) is 5.91 Å². The number of anilines is 2. The smallest absolute Gasteiger partial charge is 0.224 e. The van der Waals surface area contributed by atoms with Gasteiger partial charge in [-0.2, -0.15) is 5.11 Å². The summed E-state index contributed by atoms with van der Waals surface area (Å²) in [7, 11) is 0. The molecule has 2 aliphatic rings. The molecule has 174 valence electrons. The molecule has 1 fully saturated rings. The standard InChI is InChI=1S/C27H35N5O/c1-18(2)16-32(17-19(3)4)26-12-11-21(14-24(26)29-27(33)13-20-9-10-20)22-7-5-6-8-23(22)25-15-28-31-30-25/h5-8,11-12,14,18-20H,9-10,13,15-17H2,1-4H3,(H,29,33). The molecule has 0 aromatic heterocycles. The van der Waals surface area contributed by atoms with E-state index in [1.807, 2.05) is 12.1 Å². The first-order chi connectivity index (χ1) is 15.9. The Labute approximate surface area is 197 Å². The molecule has 0 atom stereocenters. The summed E-state index contributed by atoms with van der Waals surface area (Å²) in [5, 5.41) is 15.3. The van der Waals surface area contributed by atoms with Gasteiger partial charge in [-0.05, 0) is 59.1 Å². The van der Waals surface area contributed by atoms with Crippen molar-refractivity contribution in [1.82, 2.24) is 0 Å². The van der Waals surface area contributed by atoms with Crippen molar-refractivity contribution in [2.75, 3.05) is 29.9 Å². The van der Waals surface area contributed by atoms with Crippen molar-refractivity contribution < 1.29 is 4.79 Å². The molecule has 1 amide bonds. The lowest BCUT2D eigenvalue weighted by Gasteiger charge is -2.31. The van der Waals surface area contributed by atoms with Gasteiger partial charge in [-0.15, -0.1) is 5.10 Å². The molecule has 6 nitrogen and oxygen atoms in total. The van der Waals surface area contributed by atoms with Crippen LogP contribution in [0.3, 0.4) is 0 Å². The summed E-state index contributed by atoms with van der Waals surface area (Å²) in [6, 6.07) is 14.6. The number of rotatable bonds is 10. The summed E-state index contributed by atoms with van der Waals surface area (Å²) in [6.45, 7) is 11.3. The number of nitrogens with zero attached hydrogens (tertiary/aromatic N) is 4. The number of carbonyl (C=O) groups excluding carboxylic acids is 1. The zero-order valence-electron chi connectivity index (χ0n) is 20.2. The van der Waals surface area contributed by atoms with E-state index in [-0.39, 0.29) is 5.91 Å². The minimum absolute atomic E-state index is 0.107. The van der Waals surface area contributed by atoms with Crippen LogP contribution in [0.1, 0.15) is 52.5 Å². The Morgan fingerprint density at radius 2 is 1.73 bits per heavy atom. The van der Waals surface area contributed by atoms with Crippen LogP contribution in [-0.2, 0) is 4.79 Å². The predicted molar refractivity (Wildman–Crippen MR) is 136 cm³/mol. The van der Waals surface area contributed by atoms with Crippen molar-refractivity contribution in [2.45, 2.75) is 47.0 Å². The number of hydrogen-bond acceptors (Lipinski definition) is 5. The third-order valence-corrected chi connectivity index (χ3v) is 5.95. The number of hydrogen-bond donors (Lipinski definition) is 1. The fraction of sp³-hybridized carbons (Fsp3) is 0.481. The molecule has 0 saturated heterocycles. The highest BCUT2D eigenvalue weighted by atomic mass is 16.1. The molecular formula is C27H35N5O. The van der Waals surface area contributed by atoms with E-state index < -0.39 is 0 Å². The zero-order chi connectivity index (χ0) is 23.4. The second kappa shape index (κ2) is 10.3. The van der Waals surface area contributed by atoms with Crippen molar-refractivity contribution in [3.05, 3.63) is 48.0 Å². The fourth-order valence-electron chi connectivity index (χ4n) is 4.36. The van der Waals surface area contributed by atoms with Crippen LogP contribution in [0.4, 0.5) is 11.4 Å². The molecule has 4 rings (SSSR count). The van der Waals surface area contributed by atoms with Crippen molar-refractivity contribution in [3.8, 4) is 11.1 Å². The van der Waals surface area contributed by atoms with E-state index >= 15 is 0 Å². The summed E-state index contributed by atoms with van der Waals surface area (Å²) < 4.78 is 0. The van der Waals surface area contributed by atoms with Crippen LogP contribution in [0.5, 0.6) is 0 Å². The van der Waals surface area contributed by atoms with Gasteiger partial charge in [0.25, 0.3) is 0 Å². The average Bonchev–Trinajstić information content (AvgIpc) is 3.40. The first-order valence-electron chi connectivity index (χ1n) is 12.1. The maximum Gasteiger partial charge on any atom is 0.224 e. The Morgan fingerprint density at radius 3 is 2.33 bits per heavy atom. The molecule has 1 saturated carbocycles. The van der Waals surface area contributed by atoms with Gasteiger partial charge in [-0.3, -0.25) is 4.79 Å². The highest BCUT2D eigenvalue weighted by molar-refractivity contribution is 6.08.